The number of carbonyl (C=O) groups excluding carboxylic acids is 2. The largest absolute Gasteiger partial charge is 0.452 e. The van der Waals surface area contributed by atoms with Crippen molar-refractivity contribution in [2.45, 2.75) is 24.7 Å². The van der Waals surface area contributed by atoms with E-state index >= 15 is 0 Å². The van der Waals surface area contributed by atoms with E-state index in [1.807, 2.05) is 6.92 Å². The zero-order valence-corrected chi connectivity index (χ0v) is 16.6. The van der Waals surface area contributed by atoms with E-state index in [9.17, 15) is 18.0 Å². The molecule has 0 saturated carbocycles. The van der Waals surface area contributed by atoms with Crippen LogP contribution in [0.4, 0.5) is 0 Å². The number of nitrogens with one attached hydrogen (secondary N) is 1. The lowest BCUT2D eigenvalue weighted by atomic mass is 10.2. The van der Waals surface area contributed by atoms with Crippen LogP contribution in [0.15, 0.2) is 23.1 Å². The fraction of sp³-hybridized carbons (Fsp3) is 0.529. The fourth-order valence-electron chi connectivity index (χ4n) is 2.42. The summed E-state index contributed by atoms with van der Waals surface area (Å²) < 4.78 is 36.9. The molecule has 0 bridgehead atoms. The third-order valence-corrected chi connectivity index (χ3v) is 6.32. The minimum atomic E-state index is -3.86. The Bertz CT molecular complexity index is 778. The van der Waals surface area contributed by atoms with Crippen LogP contribution in [0.1, 0.15) is 30.1 Å². The molecule has 1 aromatic carbocycles. The Morgan fingerprint density at radius 1 is 1.30 bits per heavy atom. The lowest BCUT2D eigenvalue weighted by Gasteiger charge is -2.26. The van der Waals surface area contributed by atoms with E-state index in [4.69, 9.17) is 21.1 Å². The van der Waals surface area contributed by atoms with Crippen molar-refractivity contribution in [3.63, 3.8) is 0 Å². The van der Waals surface area contributed by atoms with Crippen LogP contribution in [0.3, 0.4) is 0 Å². The van der Waals surface area contributed by atoms with E-state index in [-0.39, 0.29) is 28.6 Å². The number of sulfonamides is 1. The van der Waals surface area contributed by atoms with Crippen molar-refractivity contribution >= 4 is 33.5 Å². The van der Waals surface area contributed by atoms with Gasteiger partial charge in [-0.1, -0.05) is 24.9 Å². The van der Waals surface area contributed by atoms with Crippen LogP contribution in [0.25, 0.3) is 0 Å². The van der Waals surface area contributed by atoms with Crippen LogP contribution in [0.2, 0.25) is 5.02 Å². The molecule has 1 saturated heterocycles. The van der Waals surface area contributed by atoms with Crippen molar-refractivity contribution in [1.29, 1.82) is 0 Å². The van der Waals surface area contributed by atoms with Gasteiger partial charge < -0.3 is 14.8 Å². The van der Waals surface area contributed by atoms with Crippen molar-refractivity contribution in [3.8, 4) is 0 Å². The molecule has 1 fully saturated rings. The number of ether oxygens (including phenoxy) is 2. The van der Waals surface area contributed by atoms with E-state index < -0.39 is 28.5 Å². The standard InChI is InChI=1S/C17H23ClN2O6S/c1-2-3-6-19-16(21)12-26-17(22)13-4-5-14(18)15(11-13)27(23,24)20-7-9-25-10-8-20/h4-5,11H,2-3,6-10,12H2,1H3,(H,19,21). The molecule has 1 aromatic rings. The minimum absolute atomic E-state index is 0.00703. The van der Waals surface area contributed by atoms with Crippen LogP contribution in [0.5, 0.6) is 0 Å². The summed E-state index contributed by atoms with van der Waals surface area (Å²) in [6.45, 7) is 3.09. The number of morpholine rings is 1. The molecule has 1 aliphatic heterocycles. The molecule has 0 atom stereocenters. The molecule has 10 heteroatoms. The lowest BCUT2D eigenvalue weighted by Crippen LogP contribution is -2.40. The van der Waals surface area contributed by atoms with E-state index in [1.54, 1.807) is 0 Å². The van der Waals surface area contributed by atoms with E-state index in [2.05, 4.69) is 5.32 Å². The summed E-state index contributed by atoms with van der Waals surface area (Å²) in [7, 11) is -3.86. The highest BCUT2D eigenvalue weighted by Gasteiger charge is 2.29. The maximum atomic E-state index is 12.8. The third kappa shape index (κ3) is 5.90. The summed E-state index contributed by atoms with van der Waals surface area (Å²) in [4.78, 5) is 23.6. The van der Waals surface area contributed by atoms with Crippen LogP contribution in [-0.4, -0.2) is 64.1 Å². The van der Waals surface area contributed by atoms with Gasteiger partial charge in [0.15, 0.2) is 6.61 Å². The van der Waals surface area contributed by atoms with Crippen molar-refractivity contribution in [3.05, 3.63) is 28.8 Å². The van der Waals surface area contributed by atoms with Gasteiger partial charge in [-0.2, -0.15) is 4.31 Å². The number of unbranched alkanes of at least 4 members (excludes halogenated alkanes) is 1. The van der Waals surface area contributed by atoms with Gasteiger partial charge in [0.25, 0.3) is 5.91 Å². The van der Waals surface area contributed by atoms with Crippen molar-refractivity contribution in [2.24, 2.45) is 0 Å². The molecule has 0 unspecified atom stereocenters. The quantitative estimate of drug-likeness (QED) is 0.506. The fourth-order valence-corrected chi connectivity index (χ4v) is 4.33. The van der Waals surface area contributed by atoms with Crippen LogP contribution < -0.4 is 5.32 Å². The van der Waals surface area contributed by atoms with Gasteiger partial charge in [0, 0.05) is 19.6 Å². The van der Waals surface area contributed by atoms with Crippen molar-refractivity contribution in [1.82, 2.24) is 9.62 Å². The number of esters is 1. The molecule has 150 valence electrons. The molecule has 27 heavy (non-hydrogen) atoms. The third-order valence-electron chi connectivity index (χ3n) is 3.94. The summed E-state index contributed by atoms with van der Waals surface area (Å²) in [5.74, 6) is -1.21. The summed E-state index contributed by atoms with van der Waals surface area (Å²) in [5.41, 5.74) is 0.00703. The zero-order chi connectivity index (χ0) is 19.9. The molecule has 1 N–H and O–H groups in total. The van der Waals surface area contributed by atoms with Gasteiger partial charge in [-0.05, 0) is 24.6 Å². The zero-order valence-electron chi connectivity index (χ0n) is 15.1. The first-order chi connectivity index (χ1) is 12.9. The summed E-state index contributed by atoms with van der Waals surface area (Å²) >= 11 is 6.05. The van der Waals surface area contributed by atoms with Gasteiger partial charge >= 0.3 is 5.97 Å². The molecule has 0 aromatic heterocycles. The summed E-state index contributed by atoms with van der Waals surface area (Å²) in [6, 6.07) is 3.86. The number of rotatable bonds is 8. The van der Waals surface area contributed by atoms with Gasteiger partial charge in [0.2, 0.25) is 10.0 Å². The van der Waals surface area contributed by atoms with Crippen LogP contribution >= 0.6 is 11.6 Å². The van der Waals surface area contributed by atoms with Gasteiger partial charge in [0.1, 0.15) is 4.90 Å². The molecule has 8 nitrogen and oxygen atoms in total. The monoisotopic (exact) mass is 418 g/mol. The number of nitrogens with zero attached hydrogens (tertiary/aromatic N) is 1. The molecule has 2 rings (SSSR count). The molecule has 0 aliphatic carbocycles. The Kier molecular flexibility index (Phi) is 8.03. The average Bonchev–Trinajstić information content (AvgIpc) is 2.67. The molecule has 1 amide bonds. The molecule has 1 aliphatic rings. The van der Waals surface area contributed by atoms with Crippen molar-refractivity contribution < 1.29 is 27.5 Å². The average molecular weight is 419 g/mol. The number of halogens is 1. The first-order valence-electron chi connectivity index (χ1n) is 8.67. The smallest absolute Gasteiger partial charge is 0.338 e. The number of amides is 1. The van der Waals surface area contributed by atoms with Gasteiger partial charge in [-0.3, -0.25) is 4.79 Å². The van der Waals surface area contributed by atoms with E-state index in [0.29, 0.717) is 19.8 Å². The molecular weight excluding hydrogens is 396 g/mol. The van der Waals surface area contributed by atoms with Gasteiger partial charge in [-0.15, -0.1) is 0 Å². The van der Waals surface area contributed by atoms with Gasteiger partial charge in [-0.25, -0.2) is 13.2 Å². The Morgan fingerprint density at radius 2 is 2.00 bits per heavy atom. The highest BCUT2D eigenvalue weighted by molar-refractivity contribution is 7.89. The van der Waals surface area contributed by atoms with E-state index in [0.717, 1.165) is 12.8 Å². The first kappa shape index (κ1) is 21.6. The normalized spacial score (nSPS) is 15.3. The van der Waals surface area contributed by atoms with Crippen LogP contribution in [0, 0.1) is 0 Å². The van der Waals surface area contributed by atoms with Crippen LogP contribution in [-0.2, 0) is 24.3 Å². The maximum absolute atomic E-state index is 12.8. The predicted molar refractivity (Wildman–Crippen MR) is 99.2 cm³/mol. The SMILES string of the molecule is CCCCNC(=O)COC(=O)c1ccc(Cl)c(S(=O)(=O)N2CCOCC2)c1. The molecular formula is C17H23ClN2O6S. The second kappa shape index (κ2) is 10.0. The number of hydrogen-bond acceptors (Lipinski definition) is 6. The highest BCUT2D eigenvalue weighted by atomic mass is 35.5. The molecule has 1 heterocycles. The number of carbonyl (C=O) groups is 2. The Labute approximate surface area is 163 Å². The van der Waals surface area contributed by atoms with Gasteiger partial charge in [0.05, 0.1) is 23.8 Å². The second-order valence-corrected chi connectivity index (χ2v) is 8.25. The summed E-state index contributed by atoms with van der Waals surface area (Å²) in [6.07, 6.45) is 1.77. The van der Waals surface area contributed by atoms with Crippen molar-refractivity contribution in [2.75, 3.05) is 39.5 Å². The lowest BCUT2D eigenvalue weighted by molar-refractivity contribution is -0.124. The topological polar surface area (TPSA) is 102 Å². The molecule has 0 radical (unpaired) electrons. The number of benzene rings is 1. The maximum Gasteiger partial charge on any atom is 0.338 e. The Morgan fingerprint density at radius 3 is 2.67 bits per heavy atom. The number of hydrogen-bond donors (Lipinski definition) is 1. The Hall–Kier alpha value is -1.68. The Balaban J connectivity index is 2.07. The summed E-state index contributed by atoms with van der Waals surface area (Å²) in [5, 5.41) is 2.64. The van der Waals surface area contributed by atoms with E-state index in [1.165, 1.54) is 22.5 Å². The molecule has 0 spiro atoms. The highest BCUT2D eigenvalue weighted by Crippen LogP contribution is 2.26. The second-order valence-electron chi connectivity index (χ2n) is 5.94. The first-order valence-corrected chi connectivity index (χ1v) is 10.5. The predicted octanol–water partition coefficient (Wildman–Crippen LogP) is 1.43. The minimum Gasteiger partial charge on any atom is -0.452 e.